The van der Waals surface area contributed by atoms with Crippen LogP contribution in [0.25, 0.3) is 11.1 Å². The molecule has 0 radical (unpaired) electrons. The zero-order valence-corrected chi connectivity index (χ0v) is 11.8. The van der Waals surface area contributed by atoms with Crippen LogP contribution >= 0.6 is 11.6 Å². The van der Waals surface area contributed by atoms with E-state index in [1.165, 1.54) is 0 Å². The van der Waals surface area contributed by atoms with Crippen LogP contribution in [0.5, 0.6) is 0 Å². The second-order valence-electron chi connectivity index (χ2n) is 4.85. The van der Waals surface area contributed by atoms with E-state index in [1.807, 2.05) is 50.2 Å². The quantitative estimate of drug-likeness (QED) is 0.858. The van der Waals surface area contributed by atoms with Gasteiger partial charge in [0.15, 0.2) is 0 Å². The molecule has 19 heavy (non-hydrogen) atoms. The molecule has 0 aliphatic heterocycles. The van der Waals surface area contributed by atoms with Crippen molar-refractivity contribution in [3.63, 3.8) is 0 Å². The van der Waals surface area contributed by atoms with Gasteiger partial charge in [0.25, 0.3) is 0 Å². The molecule has 0 aliphatic carbocycles. The zero-order chi connectivity index (χ0) is 13.8. The molecule has 0 bridgehead atoms. The summed E-state index contributed by atoms with van der Waals surface area (Å²) in [5.41, 5.74) is 2.51. The van der Waals surface area contributed by atoms with Gasteiger partial charge < -0.3 is 5.32 Å². The van der Waals surface area contributed by atoms with Gasteiger partial charge in [-0.2, -0.15) is 0 Å². The predicted molar refractivity (Wildman–Crippen MR) is 78.8 cm³/mol. The molecule has 3 heteroatoms. The summed E-state index contributed by atoms with van der Waals surface area (Å²) in [6, 6.07) is 13.1. The molecular weight excluding hydrogens is 261 g/mol. The first-order valence-corrected chi connectivity index (χ1v) is 6.72. The van der Waals surface area contributed by atoms with Crippen LogP contribution in [0.15, 0.2) is 42.5 Å². The van der Waals surface area contributed by atoms with E-state index in [9.17, 15) is 4.39 Å². The summed E-state index contributed by atoms with van der Waals surface area (Å²) < 4.78 is 14.0. The second-order valence-corrected chi connectivity index (χ2v) is 5.29. The van der Waals surface area contributed by atoms with Crippen LogP contribution in [0.3, 0.4) is 0 Å². The van der Waals surface area contributed by atoms with E-state index in [2.05, 4.69) is 5.32 Å². The van der Waals surface area contributed by atoms with Crippen molar-refractivity contribution in [2.45, 2.75) is 26.4 Å². The van der Waals surface area contributed by atoms with Crippen LogP contribution < -0.4 is 5.32 Å². The van der Waals surface area contributed by atoms with Gasteiger partial charge in [0, 0.05) is 23.2 Å². The van der Waals surface area contributed by atoms with Crippen LogP contribution in [0.2, 0.25) is 5.02 Å². The molecule has 1 nitrogen and oxygen atoms in total. The monoisotopic (exact) mass is 277 g/mol. The average Bonchev–Trinajstić information content (AvgIpc) is 2.38. The molecule has 0 saturated carbocycles. The Hall–Kier alpha value is -1.38. The predicted octanol–water partition coefficient (Wildman–Crippen LogP) is 4.64. The van der Waals surface area contributed by atoms with Crippen molar-refractivity contribution in [2.24, 2.45) is 0 Å². The minimum Gasteiger partial charge on any atom is -0.310 e. The van der Waals surface area contributed by atoms with E-state index in [0.717, 1.165) is 11.1 Å². The Morgan fingerprint density at radius 2 is 1.68 bits per heavy atom. The van der Waals surface area contributed by atoms with Crippen LogP contribution in [0, 0.1) is 5.82 Å². The summed E-state index contributed by atoms with van der Waals surface area (Å²) in [5, 5.41) is 3.89. The minimum atomic E-state index is -0.180. The highest BCUT2D eigenvalue weighted by molar-refractivity contribution is 6.30. The van der Waals surface area contributed by atoms with Crippen molar-refractivity contribution in [1.29, 1.82) is 0 Å². The molecule has 0 saturated heterocycles. The first-order chi connectivity index (χ1) is 9.06. The van der Waals surface area contributed by atoms with Crippen LogP contribution in [0.1, 0.15) is 19.4 Å². The van der Waals surface area contributed by atoms with Crippen molar-refractivity contribution < 1.29 is 4.39 Å². The number of rotatable bonds is 4. The van der Waals surface area contributed by atoms with Gasteiger partial charge in [0.05, 0.1) is 0 Å². The van der Waals surface area contributed by atoms with E-state index >= 15 is 0 Å². The Balaban J connectivity index is 2.21. The van der Waals surface area contributed by atoms with Gasteiger partial charge in [-0.3, -0.25) is 0 Å². The molecule has 2 aromatic carbocycles. The maximum absolute atomic E-state index is 14.0. The van der Waals surface area contributed by atoms with Crippen LogP contribution in [-0.4, -0.2) is 6.04 Å². The van der Waals surface area contributed by atoms with E-state index in [0.29, 0.717) is 23.2 Å². The zero-order valence-electron chi connectivity index (χ0n) is 11.1. The molecular formula is C16H17ClFN. The third-order valence-corrected chi connectivity index (χ3v) is 3.18. The van der Waals surface area contributed by atoms with Crippen molar-refractivity contribution in [2.75, 3.05) is 0 Å². The molecule has 100 valence electrons. The van der Waals surface area contributed by atoms with Crippen molar-refractivity contribution in [3.8, 4) is 11.1 Å². The first kappa shape index (κ1) is 14.0. The maximum atomic E-state index is 14.0. The lowest BCUT2D eigenvalue weighted by atomic mass is 10.0. The van der Waals surface area contributed by atoms with Gasteiger partial charge in [0.1, 0.15) is 5.82 Å². The third-order valence-electron chi connectivity index (χ3n) is 2.93. The normalized spacial score (nSPS) is 11.0. The topological polar surface area (TPSA) is 12.0 Å². The number of benzene rings is 2. The summed E-state index contributed by atoms with van der Waals surface area (Å²) in [6.07, 6.45) is 0. The third kappa shape index (κ3) is 3.79. The Kier molecular flexibility index (Phi) is 4.56. The molecule has 0 aliphatic rings. The van der Waals surface area contributed by atoms with Gasteiger partial charge in [-0.1, -0.05) is 49.7 Å². The molecule has 0 spiro atoms. The Labute approximate surface area is 118 Å². The second kappa shape index (κ2) is 6.18. The lowest BCUT2D eigenvalue weighted by Crippen LogP contribution is -2.22. The fraction of sp³-hybridized carbons (Fsp3) is 0.250. The fourth-order valence-corrected chi connectivity index (χ4v) is 1.95. The standard InChI is InChI=1S/C16H17ClFN/c1-11(2)19-10-14-4-3-13(9-16(14)18)12-5-7-15(17)8-6-12/h3-9,11,19H,10H2,1-2H3. The lowest BCUT2D eigenvalue weighted by Gasteiger charge is -2.10. The highest BCUT2D eigenvalue weighted by Crippen LogP contribution is 2.23. The Morgan fingerprint density at radius 1 is 1.05 bits per heavy atom. The first-order valence-electron chi connectivity index (χ1n) is 6.34. The van der Waals surface area contributed by atoms with E-state index in [-0.39, 0.29) is 5.82 Å². The van der Waals surface area contributed by atoms with E-state index < -0.39 is 0 Å². The molecule has 1 N–H and O–H groups in total. The largest absolute Gasteiger partial charge is 0.310 e. The van der Waals surface area contributed by atoms with Crippen molar-refractivity contribution in [1.82, 2.24) is 5.32 Å². The Bertz CT molecular complexity index is 549. The minimum absolute atomic E-state index is 0.180. The molecule has 0 fully saturated rings. The summed E-state index contributed by atoms with van der Waals surface area (Å²) in [5.74, 6) is -0.180. The van der Waals surface area contributed by atoms with Crippen molar-refractivity contribution in [3.05, 3.63) is 58.9 Å². The Morgan fingerprint density at radius 3 is 2.26 bits per heavy atom. The highest BCUT2D eigenvalue weighted by Gasteiger charge is 2.05. The van der Waals surface area contributed by atoms with Crippen LogP contribution in [-0.2, 0) is 6.54 Å². The molecule has 2 rings (SSSR count). The SMILES string of the molecule is CC(C)NCc1ccc(-c2ccc(Cl)cc2)cc1F. The number of nitrogens with one attached hydrogen (secondary N) is 1. The van der Waals surface area contributed by atoms with Crippen LogP contribution in [0.4, 0.5) is 4.39 Å². The maximum Gasteiger partial charge on any atom is 0.128 e. The molecule has 0 amide bonds. The smallest absolute Gasteiger partial charge is 0.128 e. The summed E-state index contributed by atoms with van der Waals surface area (Å²) in [4.78, 5) is 0. The summed E-state index contributed by atoms with van der Waals surface area (Å²) in [7, 11) is 0. The number of hydrogen-bond acceptors (Lipinski definition) is 1. The summed E-state index contributed by atoms with van der Waals surface area (Å²) >= 11 is 5.84. The molecule has 0 unspecified atom stereocenters. The molecule has 0 atom stereocenters. The van der Waals surface area contributed by atoms with E-state index in [1.54, 1.807) is 6.07 Å². The highest BCUT2D eigenvalue weighted by atomic mass is 35.5. The van der Waals surface area contributed by atoms with Gasteiger partial charge >= 0.3 is 0 Å². The summed E-state index contributed by atoms with van der Waals surface area (Å²) in [6.45, 7) is 4.63. The van der Waals surface area contributed by atoms with E-state index in [4.69, 9.17) is 11.6 Å². The van der Waals surface area contributed by atoms with Gasteiger partial charge in [-0.25, -0.2) is 4.39 Å². The number of halogens is 2. The van der Waals surface area contributed by atoms with Gasteiger partial charge in [-0.15, -0.1) is 0 Å². The average molecular weight is 278 g/mol. The molecule has 2 aromatic rings. The van der Waals surface area contributed by atoms with Gasteiger partial charge in [0.2, 0.25) is 0 Å². The van der Waals surface area contributed by atoms with Gasteiger partial charge in [-0.05, 0) is 29.3 Å². The van der Waals surface area contributed by atoms with Crippen molar-refractivity contribution >= 4 is 11.6 Å². The number of hydrogen-bond donors (Lipinski definition) is 1. The lowest BCUT2D eigenvalue weighted by molar-refractivity contribution is 0.553. The molecule has 0 heterocycles. The molecule has 0 aromatic heterocycles. The fourth-order valence-electron chi connectivity index (χ4n) is 1.83.